The first-order valence-corrected chi connectivity index (χ1v) is 5.54. The Morgan fingerprint density at radius 2 is 2.17 bits per heavy atom. The Hall–Kier alpha value is -2.11. The van der Waals surface area contributed by atoms with Crippen molar-refractivity contribution in [2.45, 2.75) is 26.9 Å². The van der Waals surface area contributed by atoms with E-state index in [4.69, 9.17) is 9.47 Å². The van der Waals surface area contributed by atoms with E-state index in [2.05, 4.69) is 0 Å². The molecule has 1 rings (SSSR count). The number of carbonyl (C=O) groups excluding carboxylic acids is 1. The fourth-order valence-corrected chi connectivity index (χ4v) is 1.37. The third-order valence-electron chi connectivity index (χ3n) is 2.23. The lowest BCUT2D eigenvalue weighted by molar-refractivity contribution is -0.386. The molecule has 0 aliphatic heterocycles. The van der Waals surface area contributed by atoms with Gasteiger partial charge in [-0.1, -0.05) is 6.07 Å². The Morgan fingerprint density at radius 3 is 2.72 bits per heavy atom. The number of nitrogens with zero attached hydrogens (tertiary/aromatic N) is 1. The minimum absolute atomic E-state index is 0.0613. The summed E-state index contributed by atoms with van der Waals surface area (Å²) in [5, 5.41) is 10.9. The maximum absolute atomic E-state index is 11.4. The lowest BCUT2D eigenvalue weighted by Crippen LogP contribution is -2.26. The number of hydrogen-bond donors (Lipinski definition) is 0. The van der Waals surface area contributed by atoms with Gasteiger partial charge in [0, 0.05) is 6.07 Å². The molecule has 0 bridgehead atoms. The number of carbonyl (C=O) groups is 1. The highest BCUT2D eigenvalue weighted by Crippen LogP contribution is 2.28. The number of ether oxygens (including phenoxy) is 2. The summed E-state index contributed by atoms with van der Waals surface area (Å²) in [5.74, 6) is -0.487. The van der Waals surface area contributed by atoms with Crippen LogP contribution in [0.2, 0.25) is 0 Å². The molecule has 0 spiro atoms. The lowest BCUT2D eigenvalue weighted by atomic mass is 10.2. The van der Waals surface area contributed by atoms with E-state index in [1.165, 1.54) is 19.1 Å². The van der Waals surface area contributed by atoms with Crippen molar-refractivity contribution in [3.05, 3.63) is 33.9 Å². The Kier molecular flexibility index (Phi) is 4.65. The second-order valence-corrected chi connectivity index (χ2v) is 3.74. The zero-order chi connectivity index (χ0) is 13.7. The quantitative estimate of drug-likeness (QED) is 0.456. The first kappa shape index (κ1) is 14.0. The molecule has 6 nitrogen and oxygen atoms in total. The van der Waals surface area contributed by atoms with Gasteiger partial charge in [-0.2, -0.15) is 0 Å². The van der Waals surface area contributed by atoms with Crippen molar-refractivity contribution in [1.82, 2.24) is 0 Å². The van der Waals surface area contributed by atoms with Crippen LogP contribution in [0.1, 0.15) is 19.4 Å². The second-order valence-electron chi connectivity index (χ2n) is 3.74. The minimum Gasteiger partial charge on any atom is -0.472 e. The van der Waals surface area contributed by atoms with Gasteiger partial charge in [0.1, 0.15) is 0 Å². The van der Waals surface area contributed by atoms with Crippen LogP contribution in [0.4, 0.5) is 5.69 Å². The van der Waals surface area contributed by atoms with Crippen LogP contribution in [0.15, 0.2) is 18.2 Å². The average molecular weight is 253 g/mol. The van der Waals surface area contributed by atoms with Crippen molar-refractivity contribution < 1.29 is 19.2 Å². The maximum Gasteiger partial charge on any atom is 0.347 e. The summed E-state index contributed by atoms with van der Waals surface area (Å²) >= 11 is 0. The molecule has 0 aliphatic carbocycles. The van der Waals surface area contributed by atoms with Crippen molar-refractivity contribution in [2.75, 3.05) is 6.61 Å². The van der Waals surface area contributed by atoms with E-state index in [-0.39, 0.29) is 18.0 Å². The first-order chi connectivity index (χ1) is 8.45. The molecule has 0 fully saturated rings. The number of hydrogen-bond acceptors (Lipinski definition) is 5. The van der Waals surface area contributed by atoms with Gasteiger partial charge < -0.3 is 9.47 Å². The van der Waals surface area contributed by atoms with Gasteiger partial charge in [-0.15, -0.1) is 0 Å². The van der Waals surface area contributed by atoms with Gasteiger partial charge in [-0.25, -0.2) is 4.79 Å². The monoisotopic (exact) mass is 253 g/mol. The summed E-state index contributed by atoms with van der Waals surface area (Å²) in [5.41, 5.74) is 0.587. The van der Waals surface area contributed by atoms with E-state index < -0.39 is 17.0 Å². The van der Waals surface area contributed by atoms with Crippen LogP contribution in [0.3, 0.4) is 0 Å². The van der Waals surface area contributed by atoms with Gasteiger partial charge in [0.25, 0.3) is 0 Å². The highest BCUT2D eigenvalue weighted by molar-refractivity contribution is 5.74. The predicted octanol–water partition coefficient (Wildman–Crippen LogP) is 2.23. The van der Waals surface area contributed by atoms with Gasteiger partial charge in [-0.3, -0.25) is 10.1 Å². The molecule has 6 heteroatoms. The fraction of sp³-hybridized carbons (Fsp3) is 0.417. The normalized spacial score (nSPS) is 11.7. The third kappa shape index (κ3) is 3.44. The van der Waals surface area contributed by atoms with E-state index in [0.717, 1.165) is 5.56 Å². The smallest absolute Gasteiger partial charge is 0.347 e. The van der Waals surface area contributed by atoms with Crippen molar-refractivity contribution >= 4 is 11.7 Å². The van der Waals surface area contributed by atoms with Crippen LogP contribution < -0.4 is 4.74 Å². The fourth-order valence-electron chi connectivity index (χ4n) is 1.37. The lowest BCUT2D eigenvalue weighted by Gasteiger charge is -2.13. The standard InChI is InChI=1S/C12H15NO5/c1-4-17-12(14)9(3)18-11-6-5-8(2)7-10(11)13(15)16/h5-7,9H,4H2,1-3H3. The van der Waals surface area contributed by atoms with Gasteiger partial charge >= 0.3 is 11.7 Å². The van der Waals surface area contributed by atoms with E-state index >= 15 is 0 Å². The van der Waals surface area contributed by atoms with Gasteiger partial charge in [0.05, 0.1) is 11.5 Å². The molecule has 1 unspecified atom stereocenters. The summed E-state index contributed by atoms with van der Waals surface area (Å²) in [7, 11) is 0. The Labute approximate surface area is 105 Å². The number of benzene rings is 1. The van der Waals surface area contributed by atoms with Crippen LogP contribution in [0.5, 0.6) is 5.75 Å². The minimum atomic E-state index is -0.883. The third-order valence-corrected chi connectivity index (χ3v) is 2.23. The zero-order valence-corrected chi connectivity index (χ0v) is 10.5. The number of nitro groups is 1. The highest BCUT2D eigenvalue weighted by atomic mass is 16.6. The van der Waals surface area contributed by atoms with Crippen LogP contribution >= 0.6 is 0 Å². The van der Waals surface area contributed by atoms with E-state index in [1.54, 1.807) is 19.9 Å². The first-order valence-electron chi connectivity index (χ1n) is 5.54. The van der Waals surface area contributed by atoms with Crippen molar-refractivity contribution in [1.29, 1.82) is 0 Å². The molecule has 0 radical (unpaired) electrons. The van der Waals surface area contributed by atoms with Crippen molar-refractivity contribution in [3.8, 4) is 5.75 Å². The Morgan fingerprint density at radius 1 is 1.50 bits per heavy atom. The summed E-state index contributed by atoms with van der Waals surface area (Å²) in [6.45, 7) is 5.15. The van der Waals surface area contributed by atoms with E-state index in [0.29, 0.717) is 0 Å². The Bertz CT molecular complexity index is 458. The van der Waals surface area contributed by atoms with Crippen LogP contribution in [0, 0.1) is 17.0 Å². The maximum atomic E-state index is 11.4. The van der Waals surface area contributed by atoms with Gasteiger partial charge in [0.2, 0.25) is 0 Å². The van der Waals surface area contributed by atoms with Crippen LogP contribution in [-0.4, -0.2) is 23.6 Å². The molecule has 1 aromatic rings. The largest absolute Gasteiger partial charge is 0.472 e. The molecule has 1 atom stereocenters. The molecular weight excluding hydrogens is 238 g/mol. The van der Waals surface area contributed by atoms with Crippen LogP contribution in [-0.2, 0) is 9.53 Å². The molecule has 0 aliphatic rings. The summed E-state index contributed by atoms with van der Waals surface area (Å²) < 4.78 is 10.0. The second kappa shape index (κ2) is 6.00. The highest BCUT2D eigenvalue weighted by Gasteiger charge is 2.21. The molecule has 0 aromatic heterocycles. The molecule has 0 N–H and O–H groups in total. The molecule has 1 aromatic carbocycles. The molecule has 18 heavy (non-hydrogen) atoms. The summed E-state index contributed by atoms with van der Waals surface area (Å²) in [4.78, 5) is 21.7. The van der Waals surface area contributed by atoms with Gasteiger partial charge in [-0.05, 0) is 32.4 Å². The molecule has 0 amide bonds. The topological polar surface area (TPSA) is 78.7 Å². The molecule has 0 saturated heterocycles. The summed E-state index contributed by atoms with van der Waals surface area (Å²) in [6.07, 6.45) is -0.883. The molecule has 0 saturated carbocycles. The molecule has 0 heterocycles. The molecular formula is C12H15NO5. The molecule has 98 valence electrons. The van der Waals surface area contributed by atoms with Gasteiger partial charge in [0.15, 0.2) is 11.9 Å². The van der Waals surface area contributed by atoms with E-state index in [1.807, 2.05) is 0 Å². The van der Waals surface area contributed by atoms with E-state index in [9.17, 15) is 14.9 Å². The summed E-state index contributed by atoms with van der Waals surface area (Å²) in [6, 6.07) is 4.55. The van der Waals surface area contributed by atoms with Crippen molar-refractivity contribution in [3.63, 3.8) is 0 Å². The number of aryl methyl sites for hydroxylation is 1. The van der Waals surface area contributed by atoms with Crippen LogP contribution in [0.25, 0.3) is 0 Å². The number of esters is 1. The average Bonchev–Trinajstić information content (AvgIpc) is 2.31. The number of nitro benzene ring substituents is 1. The predicted molar refractivity (Wildman–Crippen MR) is 64.6 cm³/mol. The SMILES string of the molecule is CCOC(=O)C(C)Oc1ccc(C)cc1[N+](=O)[O-]. The zero-order valence-electron chi connectivity index (χ0n) is 10.5. The van der Waals surface area contributed by atoms with Crippen molar-refractivity contribution in [2.24, 2.45) is 0 Å². The Balaban J connectivity index is 2.90. The number of rotatable bonds is 5.